The van der Waals surface area contributed by atoms with Gasteiger partial charge in [-0.15, -0.1) is 0 Å². The van der Waals surface area contributed by atoms with Crippen molar-refractivity contribution in [1.29, 1.82) is 0 Å². The van der Waals surface area contributed by atoms with Crippen molar-refractivity contribution in [3.05, 3.63) is 34.9 Å². The molecule has 0 N–H and O–H groups in total. The summed E-state index contributed by atoms with van der Waals surface area (Å²) in [7, 11) is 2.17. The molecule has 1 saturated heterocycles. The van der Waals surface area contributed by atoms with Gasteiger partial charge in [0.2, 0.25) is 0 Å². The highest BCUT2D eigenvalue weighted by atomic mass is 16.1. The Balaban J connectivity index is 1.67. The molecule has 3 nitrogen and oxygen atoms in total. The minimum Gasteiger partial charge on any atom is -0.299 e. The van der Waals surface area contributed by atoms with Gasteiger partial charge in [-0.25, -0.2) is 0 Å². The van der Waals surface area contributed by atoms with Gasteiger partial charge in [-0.1, -0.05) is 12.1 Å². The summed E-state index contributed by atoms with van der Waals surface area (Å²) < 4.78 is 0. The molecule has 3 heteroatoms. The molecule has 1 aliphatic carbocycles. The number of carbonyl (C=O) groups excluding carboxylic acids is 1. The lowest BCUT2D eigenvalue weighted by molar-refractivity contribution is 0.0390. The van der Waals surface area contributed by atoms with Gasteiger partial charge in [-0.3, -0.25) is 14.6 Å². The molecular weight excluding hydrogens is 260 g/mol. The summed E-state index contributed by atoms with van der Waals surface area (Å²) in [5.41, 5.74) is 3.87. The third-order valence-corrected chi connectivity index (χ3v) is 5.18. The van der Waals surface area contributed by atoms with Crippen molar-refractivity contribution < 1.29 is 4.79 Å². The van der Waals surface area contributed by atoms with Crippen LogP contribution in [0.1, 0.15) is 41.8 Å². The fourth-order valence-corrected chi connectivity index (χ4v) is 3.52. The average molecular weight is 286 g/mol. The molecule has 0 aromatic heterocycles. The van der Waals surface area contributed by atoms with Crippen molar-refractivity contribution in [3.8, 4) is 0 Å². The van der Waals surface area contributed by atoms with Crippen LogP contribution < -0.4 is 0 Å². The molecule has 0 unspecified atom stereocenters. The third-order valence-electron chi connectivity index (χ3n) is 5.18. The van der Waals surface area contributed by atoms with E-state index in [9.17, 15) is 4.79 Å². The number of hydrogen-bond acceptors (Lipinski definition) is 3. The topological polar surface area (TPSA) is 23.6 Å². The number of ketones is 1. The quantitative estimate of drug-likeness (QED) is 0.797. The van der Waals surface area contributed by atoms with Gasteiger partial charge in [-0.2, -0.15) is 0 Å². The molecule has 1 fully saturated rings. The van der Waals surface area contributed by atoms with Crippen molar-refractivity contribution >= 4 is 5.78 Å². The first-order valence-corrected chi connectivity index (χ1v) is 8.04. The van der Waals surface area contributed by atoms with E-state index in [1.807, 2.05) is 6.07 Å². The molecule has 1 heterocycles. The van der Waals surface area contributed by atoms with Crippen LogP contribution in [0.4, 0.5) is 0 Å². The number of benzene rings is 1. The molecule has 0 atom stereocenters. The van der Waals surface area contributed by atoms with Gasteiger partial charge in [0, 0.05) is 30.7 Å². The number of aryl methyl sites for hydroxylation is 2. The SMILES string of the molecule is CN1CCN(CC(=O)c2ccc3c(c2)CCC3)CC1(C)C. The fourth-order valence-electron chi connectivity index (χ4n) is 3.52. The Morgan fingerprint density at radius 1 is 1.19 bits per heavy atom. The zero-order valence-electron chi connectivity index (χ0n) is 13.5. The predicted molar refractivity (Wildman–Crippen MR) is 85.9 cm³/mol. The number of piperazine rings is 1. The molecule has 0 saturated carbocycles. The molecule has 1 aliphatic heterocycles. The molecule has 1 aromatic carbocycles. The van der Waals surface area contributed by atoms with Crippen LogP contribution in [0, 0.1) is 0 Å². The summed E-state index contributed by atoms with van der Waals surface area (Å²) in [6.45, 7) is 8.02. The lowest BCUT2D eigenvalue weighted by Gasteiger charge is -2.45. The van der Waals surface area contributed by atoms with Gasteiger partial charge < -0.3 is 0 Å². The van der Waals surface area contributed by atoms with E-state index in [2.05, 4.69) is 42.8 Å². The fraction of sp³-hybridized carbons (Fsp3) is 0.611. The Kier molecular flexibility index (Phi) is 3.89. The maximum Gasteiger partial charge on any atom is 0.176 e. The molecule has 114 valence electrons. The van der Waals surface area contributed by atoms with E-state index in [-0.39, 0.29) is 11.3 Å². The van der Waals surface area contributed by atoms with E-state index >= 15 is 0 Å². The van der Waals surface area contributed by atoms with Crippen LogP contribution in [0.2, 0.25) is 0 Å². The first-order valence-electron chi connectivity index (χ1n) is 8.04. The lowest BCUT2D eigenvalue weighted by atomic mass is 9.98. The summed E-state index contributed by atoms with van der Waals surface area (Å²) >= 11 is 0. The van der Waals surface area contributed by atoms with E-state index in [0.717, 1.165) is 31.6 Å². The maximum atomic E-state index is 12.6. The number of hydrogen-bond donors (Lipinski definition) is 0. The van der Waals surface area contributed by atoms with Crippen LogP contribution in [0.3, 0.4) is 0 Å². The maximum absolute atomic E-state index is 12.6. The molecule has 2 aliphatic rings. The third kappa shape index (κ3) is 3.04. The Bertz CT molecular complexity index is 550. The number of likely N-dealkylation sites (N-methyl/N-ethyl adjacent to an activating group) is 1. The van der Waals surface area contributed by atoms with E-state index in [1.54, 1.807) is 0 Å². The second-order valence-corrected chi connectivity index (χ2v) is 7.20. The largest absolute Gasteiger partial charge is 0.299 e. The van der Waals surface area contributed by atoms with Crippen LogP contribution in [0.15, 0.2) is 18.2 Å². The minimum atomic E-state index is 0.149. The highest BCUT2D eigenvalue weighted by Gasteiger charge is 2.31. The molecule has 0 radical (unpaired) electrons. The van der Waals surface area contributed by atoms with Crippen molar-refractivity contribution in [2.75, 3.05) is 33.2 Å². The van der Waals surface area contributed by atoms with Crippen molar-refractivity contribution in [2.24, 2.45) is 0 Å². The predicted octanol–water partition coefficient (Wildman–Crippen LogP) is 2.38. The standard InChI is InChI=1S/C18H26N2O/c1-18(2)13-20(10-9-19(18)3)12-17(21)16-8-7-14-5-4-6-15(14)11-16/h7-8,11H,4-6,9-10,12-13H2,1-3H3. The molecular formula is C18H26N2O. The molecule has 3 rings (SSSR count). The summed E-state index contributed by atoms with van der Waals surface area (Å²) in [6.07, 6.45) is 3.55. The summed E-state index contributed by atoms with van der Waals surface area (Å²) in [6, 6.07) is 6.31. The first kappa shape index (κ1) is 14.7. The number of fused-ring (bicyclic) bond motifs is 1. The van der Waals surface area contributed by atoms with Crippen LogP contribution in [0.5, 0.6) is 0 Å². The first-order chi connectivity index (χ1) is 9.95. The van der Waals surface area contributed by atoms with Gasteiger partial charge >= 0.3 is 0 Å². The van der Waals surface area contributed by atoms with Gasteiger partial charge in [-0.05, 0) is 57.4 Å². The van der Waals surface area contributed by atoms with Crippen LogP contribution in [-0.4, -0.2) is 54.3 Å². The second kappa shape index (κ2) is 5.54. The number of carbonyl (C=O) groups is 1. The smallest absolute Gasteiger partial charge is 0.176 e. The Morgan fingerprint density at radius 2 is 1.95 bits per heavy atom. The van der Waals surface area contributed by atoms with E-state index in [0.29, 0.717) is 6.54 Å². The monoisotopic (exact) mass is 286 g/mol. The highest BCUT2D eigenvalue weighted by Crippen LogP contribution is 2.24. The van der Waals surface area contributed by atoms with E-state index in [4.69, 9.17) is 0 Å². The number of nitrogens with zero attached hydrogens (tertiary/aromatic N) is 2. The van der Waals surface area contributed by atoms with Gasteiger partial charge in [0.1, 0.15) is 0 Å². The number of rotatable bonds is 3. The lowest BCUT2D eigenvalue weighted by Crippen LogP contribution is -2.58. The Morgan fingerprint density at radius 3 is 2.71 bits per heavy atom. The van der Waals surface area contributed by atoms with E-state index < -0.39 is 0 Å². The molecule has 0 bridgehead atoms. The summed E-state index contributed by atoms with van der Waals surface area (Å²) in [5.74, 6) is 0.269. The summed E-state index contributed by atoms with van der Waals surface area (Å²) in [5, 5.41) is 0. The number of Topliss-reactive ketones (excluding diaryl/α,β-unsaturated/α-hetero) is 1. The van der Waals surface area contributed by atoms with Crippen LogP contribution >= 0.6 is 0 Å². The van der Waals surface area contributed by atoms with Crippen molar-refractivity contribution in [2.45, 2.75) is 38.6 Å². The van der Waals surface area contributed by atoms with E-state index in [1.165, 1.54) is 24.0 Å². The Labute approximate surface area is 127 Å². The average Bonchev–Trinajstić information content (AvgIpc) is 2.89. The summed E-state index contributed by atoms with van der Waals surface area (Å²) in [4.78, 5) is 17.2. The molecule has 0 amide bonds. The van der Waals surface area contributed by atoms with Crippen LogP contribution in [-0.2, 0) is 12.8 Å². The normalized spacial score (nSPS) is 22.2. The van der Waals surface area contributed by atoms with Crippen molar-refractivity contribution in [3.63, 3.8) is 0 Å². The zero-order chi connectivity index (χ0) is 15.0. The van der Waals surface area contributed by atoms with Gasteiger partial charge in [0.25, 0.3) is 0 Å². The van der Waals surface area contributed by atoms with Gasteiger partial charge in [0.05, 0.1) is 6.54 Å². The molecule has 21 heavy (non-hydrogen) atoms. The zero-order valence-corrected chi connectivity index (χ0v) is 13.5. The van der Waals surface area contributed by atoms with Crippen LogP contribution in [0.25, 0.3) is 0 Å². The van der Waals surface area contributed by atoms with Crippen molar-refractivity contribution in [1.82, 2.24) is 9.80 Å². The minimum absolute atomic E-state index is 0.149. The Hall–Kier alpha value is -1.19. The molecule has 0 spiro atoms. The highest BCUT2D eigenvalue weighted by molar-refractivity contribution is 5.97. The molecule has 1 aromatic rings. The second-order valence-electron chi connectivity index (χ2n) is 7.20. The van der Waals surface area contributed by atoms with Gasteiger partial charge in [0.15, 0.2) is 5.78 Å².